The molecule has 0 saturated carbocycles. The van der Waals surface area contributed by atoms with Crippen molar-refractivity contribution in [3.63, 3.8) is 0 Å². The summed E-state index contributed by atoms with van der Waals surface area (Å²) in [5.41, 5.74) is 11.7. The molecule has 7 amide bonds. The summed E-state index contributed by atoms with van der Waals surface area (Å²) < 4.78 is 0. The van der Waals surface area contributed by atoms with Gasteiger partial charge < -0.3 is 53.6 Å². The van der Waals surface area contributed by atoms with Crippen molar-refractivity contribution in [2.45, 2.75) is 130 Å². The highest BCUT2D eigenvalue weighted by Crippen LogP contribution is 2.14. The first-order valence-corrected chi connectivity index (χ1v) is 18.4. The van der Waals surface area contributed by atoms with E-state index >= 15 is 0 Å². The molecule has 1 rings (SSSR count). The lowest BCUT2D eigenvalue weighted by Crippen LogP contribution is -2.60. The third-order valence-electron chi connectivity index (χ3n) is 8.69. The fraction of sp³-hybridized carbons (Fsp3) is 0.622. The lowest BCUT2D eigenvalue weighted by Gasteiger charge is -2.29. The SMILES string of the molecule is CCC(C)[C@H](NC(=O)[C@H](CC(C)C)NC(=O)[C@H](CC(=O)O)NC(=O)[C@@H](C)N)C(=O)N[C@@H](C)C(=O)N[C@@H](Cc1ccc(O)cc1)C(=O)N[C@@H](CC(C)C)C(N)=O. The summed E-state index contributed by atoms with van der Waals surface area (Å²) >= 11 is 0. The number of nitrogens with one attached hydrogen (secondary N) is 6. The number of amides is 7. The molecule has 1 unspecified atom stereocenters. The molecule has 0 aromatic heterocycles. The number of carbonyl (C=O) groups excluding carboxylic acids is 7. The minimum Gasteiger partial charge on any atom is -0.508 e. The molecule has 12 N–H and O–H groups in total. The Morgan fingerprint density at radius 2 is 1.09 bits per heavy atom. The van der Waals surface area contributed by atoms with Crippen LogP contribution in [0.1, 0.15) is 86.6 Å². The summed E-state index contributed by atoms with van der Waals surface area (Å²) in [6, 6.07) is -2.54. The third-order valence-corrected chi connectivity index (χ3v) is 8.69. The van der Waals surface area contributed by atoms with E-state index in [1.165, 1.54) is 26.0 Å². The summed E-state index contributed by atoms with van der Waals surface area (Å²) in [6.45, 7) is 13.5. The second-order valence-electron chi connectivity index (χ2n) is 14.8. The highest BCUT2D eigenvalue weighted by atomic mass is 16.4. The Labute approximate surface area is 322 Å². The van der Waals surface area contributed by atoms with Crippen LogP contribution >= 0.6 is 0 Å². The van der Waals surface area contributed by atoms with E-state index in [-0.39, 0.29) is 36.8 Å². The van der Waals surface area contributed by atoms with Crippen molar-refractivity contribution in [2.24, 2.45) is 29.2 Å². The maximum Gasteiger partial charge on any atom is 0.305 e. The first kappa shape index (κ1) is 47.8. The molecule has 308 valence electrons. The van der Waals surface area contributed by atoms with Crippen LogP contribution in [0.15, 0.2) is 24.3 Å². The molecule has 0 saturated heterocycles. The number of aliphatic carboxylic acids is 1. The second kappa shape index (κ2) is 22.8. The van der Waals surface area contributed by atoms with Gasteiger partial charge in [-0.05, 0) is 62.1 Å². The smallest absolute Gasteiger partial charge is 0.305 e. The number of hydrogen-bond donors (Lipinski definition) is 10. The van der Waals surface area contributed by atoms with Crippen LogP contribution in [0.5, 0.6) is 5.75 Å². The van der Waals surface area contributed by atoms with Crippen molar-refractivity contribution in [1.82, 2.24) is 31.9 Å². The summed E-state index contributed by atoms with van der Waals surface area (Å²) in [6.07, 6.45) is -0.0620. The average Bonchev–Trinajstić information content (AvgIpc) is 3.08. The van der Waals surface area contributed by atoms with Crippen LogP contribution in [-0.4, -0.2) is 99.8 Å². The van der Waals surface area contributed by atoms with Crippen LogP contribution < -0.4 is 43.4 Å². The number of primary amides is 1. The van der Waals surface area contributed by atoms with Gasteiger partial charge in [0.25, 0.3) is 0 Å². The molecule has 0 bridgehead atoms. The van der Waals surface area contributed by atoms with Crippen molar-refractivity contribution in [3.05, 3.63) is 29.8 Å². The molecule has 8 atom stereocenters. The number of carboxylic acids is 1. The minimum absolute atomic E-state index is 0.00948. The van der Waals surface area contributed by atoms with Gasteiger partial charge in [-0.25, -0.2) is 0 Å². The molecule has 0 aliphatic rings. The highest BCUT2D eigenvalue weighted by Gasteiger charge is 2.35. The lowest BCUT2D eigenvalue weighted by molar-refractivity contribution is -0.141. The first-order chi connectivity index (χ1) is 25.5. The molecular formula is C37H60N8O10. The Hall–Kier alpha value is -5.26. The van der Waals surface area contributed by atoms with Crippen LogP contribution in [-0.2, 0) is 44.8 Å². The van der Waals surface area contributed by atoms with Crippen molar-refractivity contribution in [3.8, 4) is 5.75 Å². The van der Waals surface area contributed by atoms with Gasteiger partial charge in [-0.1, -0.05) is 60.1 Å². The Morgan fingerprint density at radius 3 is 1.58 bits per heavy atom. The van der Waals surface area contributed by atoms with E-state index < -0.39 is 102 Å². The zero-order chi connectivity index (χ0) is 42.2. The van der Waals surface area contributed by atoms with E-state index in [0.29, 0.717) is 12.0 Å². The van der Waals surface area contributed by atoms with Gasteiger partial charge >= 0.3 is 5.97 Å². The van der Waals surface area contributed by atoms with Crippen molar-refractivity contribution < 1.29 is 48.6 Å². The summed E-state index contributed by atoms with van der Waals surface area (Å²) in [5, 5.41) is 34.2. The van der Waals surface area contributed by atoms with E-state index in [0.717, 1.165) is 0 Å². The third kappa shape index (κ3) is 17.2. The van der Waals surface area contributed by atoms with E-state index in [1.54, 1.807) is 39.8 Å². The van der Waals surface area contributed by atoms with Gasteiger partial charge in [0.15, 0.2) is 0 Å². The van der Waals surface area contributed by atoms with Crippen molar-refractivity contribution >= 4 is 47.3 Å². The molecule has 55 heavy (non-hydrogen) atoms. The molecular weight excluding hydrogens is 716 g/mol. The Bertz CT molecular complexity index is 1500. The monoisotopic (exact) mass is 776 g/mol. The molecule has 0 aliphatic carbocycles. The van der Waals surface area contributed by atoms with E-state index in [2.05, 4.69) is 31.9 Å². The Kier molecular flexibility index (Phi) is 19.8. The van der Waals surface area contributed by atoms with E-state index in [9.17, 15) is 48.6 Å². The largest absolute Gasteiger partial charge is 0.508 e. The van der Waals surface area contributed by atoms with Crippen molar-refractivity contribution in [2.75, 3.05) is 0 Å². The van der Waals surface area contributed by atoms with Crippen LogP contribution in [0.3, 0.4) is 0 Å². The van der Waals surface area contributed by atoms with Gasteiger partial charge in [0.2, 0.25) is 41.4 Å². The average molecular weight is 777 g/mol. The standard InChI is InChI=1S/C37H60N8O10/c1-9-20(6)30(45-36(54)26(15-19(4)5)44-35(53)28(17-29(47)48)42-32(50)21(7)38)37(55)40-22(8)33(51)43-27(16-23-10-12-24(46)13-11-23)34(52)41-25(31(39)49)14-18(2)3/h10-13,18-22,25-28,30,46H,9,14-17,38H2,1-8H3,(H2,39,49)(H,40,55)(H,41,52)(H,42,50)(H,43,51)(H,44,53)(H,45,54)(H,47,48)/t20?,21-,22+,25+,26+,27+,28+,30+/m1/s1. The summed E-state index contributed by atoms with van der Waals surface area (Å²) in [5.74, 6) is -7.42. The van der Waals surface area contributed by atoms with E-state index in [1.807, 2.05) is 13.8 Å². The molecule has 0 aliphatic heterocycles. The maximum atomic E-state index is 13.7. The number of benzene rings is 1. The van der Waals surface area contributed by atoms with E-state index in [4.69, 9.17) is 11.5 Å². The molecule has 18 nitrogen and oxygen atoms in total. The van der Waals surface area contributed by atoms with Crippen LogP contribution in [0.25, 0.3) is 0 Å². The normalized spacial score (nSPS) is 15.5. The van der Waals surface area contributed by atoms with Gasteiger partial charge in [-0.3, -0.25) is 38.4 Å². The van der Waals surface area contributed by atoms with Crippen LogP contribution in [0, 0.1) is 17.8 Å². The number of hydrogen-bond acceptors (Lipinski definition) is 10. The molecule has 0 radical (unpaired) electrons. The Morgan fingerprint density at radius 1 is 0.618 bits per heavy atom. The van der Waals surface area contributed by atoms with Crippen LogP contribution in [0.2, 0.25) is 0 Å². The van der Waals surface area contributed by atoms with Gasteiger partial charge in [-0.15, -0.1) is 0 Å². The zero-order valence-electron chi connectivity index (χ0n) is 32.9. The first-order valence-electron chi connectivity index (χ1n) is 18.4. The molecule has 0 heterocycles. The molecule has 1 aromatic rings. The fourth-order valence-electron chi connectivity index (χ4n) is 5.35. The quantitative estimate of drug-likeness (QED) is 0.0663. The number of aromatic hydroxyl groups is 1. The zero-order valence-corrected chi connectivity index (χ0v) is 32.9. The number of carbonyl (C=O) groups is 8. The predicted octanol–water partition coefficient (Wildman–Crippen LogP) is -0.691. The summed E-state index contributed by atoms with van der Waals surface area (Å²) in [4.78, 5) is 103. The van der Waals surface area contributed by atoms with Gasteiger partial charge in [0, 0.05) is 6.42 Å². The number of carboxylic acid groups (broad SMARTS) is 1. The minimum atomic E-state index is -1.54. The predicted molar refractivity (Wildman–Crippen MR) is 203 cm³/mol. The van der Waals surface area contributed by atoms with Gasteiger partial charge in [0.1, 0.15) is 42.0 Å². The number of nitrogens with two attached hydrogens (primary N) is 2. The highest BCUT2D eigenvalue weighted by molar-refractivity contribution is 5.97. The van der Waals surface area contributed by atoms with Gasteiger partial charge in [0.05, 0.1) is 12.5 Å². The molecule has 18 heteroatoms. The summed E-state index contributed by atoms with van der Waals surface area (Å²) in [7, 11) is 0. The van der Waals surface area contributed by atoms with Crippen molar-refractivity contribution in [1.29, 1.82) is 0 Å². The lowest BCUT2D eigenvalue weighted by atomic mass is 9.96. The van der Waals surface area contributed by atoms with Gasteiger partial charge in [-0.2, -0.15) is 0 Å². The molecule has 1 aromatic carbocycles. The maximum absolute atomic E-state index is 13.7. The Balaban J connectivity index is 3.25. The number of rotatable bonds is 23. The topological polar surface area (TPSA) is 301 Å². The second-order valence-corrected chi connectivity index (χ2v) is 14.8. The molecule has 0 fully saturated rings. The number of phenolic OH excluding ortho intramolecular Hbond substituents is 1. The fourth-order valence-corrected chi connectivity index (χ4v) is 5.35. The molecule has 0 spiro atoms. The number of phenols is 1. The van der Waals surface area contributed by atoms with Crippen LogP contribution in [0.4, 0.5) is 0 Å².